The van der Waals surface area contributed by atoms with Gasteiger partial charge in [0.05, 0.1) is 12.6 Å². The second-order valence-electron chi connectivity index (χ2n) is 2.99. The standard InChI is InChI=1S/C9H14ClN3OS/c1-3-6(5-14)11-8-4-7(10)12-9(13-8)15-2/h4,6,14H,3,5H2,1-2H3,(H,11,12,13). The van der Waals surface area contributed by atoms with Crippen molar-refractivity contribution in [3.63, 3.8) is 0 Å². The lowest BCUT2D eigenvalue weighted by atomic mass is 10.2. The third-order valence-corrected chi connectivity index (χ3v) is 2.66. The zero-order chi connectivity index (χ0) is 11.3. The van der Waals surface area contributed by atoms with Crippen LogP contribution in [0.15, 0.2) is 11.2 Å². The first kappa shape index (κ1) is 12.5. The van der Waals surface area contributed by atoms with Crippen LogP contribution in [0.4, 0.5) is 5.82 Å². The molecule has 0 aromatic carbocycles. The van der Waals surface area contributed by atoms with Crippen molar-refractivity contribution >= 4 is 29.2 Å². The lowest BCUT2D eigenvalue weighted by molar-refractivity contribution is 0.271. The van der Waals surface area contributed by atoms with Crippen LogP contribution in [0.25, 0.3) is 0 Å². The molecule has 0 saturated heterocycles. The van der Waals surface area contributed by atoms with E-state index in [0.29, 0.717) is 16.1 Å². The number of hydrogen-bond acceptors (Lipinski definition) is 5. The number of aliphatic hydroxyl groups excluding tert-OH is 1. The Kier molecular flexibility index (Phi) is 5.14. The summed E-state index contributed by atoms with van der Waals surface area (Å²) in [5.74, 6) is 0.653. The van der Waals surface area contributed by atoms with Gasteiger partial charge in [-0.3, -0.25) is 0 Å². The molecule has 84 valence electrons. The summed E-state index contributed by atoms with van der Waals surface area (Å²) in [5, 5.41) is 13.2. The minimum Gasteiger partial charge on any atom is -0.394 e. The number of hydrogen-bond donors (Lipinski definition) is 2. The van der Waals surface area contributed by atoms with Crippen LogP contribution in [0.1, 0.15) is 13.3 Å². The maximum Gasteiger partial charge on any atom is 0.190 e. The molecular weight excluding hydrogens is 234 g/mol. The molecule has 1 aromatic heterocycles. The molecule has 0 aliphatic heterocycles. The Balaban J connectivity index is 2.79. The van der Waals surface area contributed by atoms with Gasteiger partial charge >= 0.3 is 0 Å². The smallest absolute Gasteiger partial charge is 0.190 e. The van der Waals surface area contributed by atoms with E-state index in [1.165, 1.54) is 11.8 Å². The van der Waals surface area contributed by atoms with Crippen LogP contribution in [0.2, 0.25) is 5.15 Å². The van der Waals surface area contributed by atoms with E-state index in [9.17, 15) is 0 Å². The van der Waals surface area contributed by atoms with Gasteiger partial charge in [0.2, 0.25) is 0 Å². The van der Waals surface area contributed by atoms with E-state index < -0.39 is 0 Å². The van der Waals surface area contributed by atoms with Crippen LogP contribution in [-0.2, 0) is 0 Å². The fourth-order valence-corrected chi connectivity index (χ4v) is 1.66. The Morgan fingerprint density at radius 1 is 1.60 bits per heavy atom. The molecule has 0 aliphatic carbocycles. The van der Waals surface area contributed by atoms with Gasteiger partial charge in [0, 0.05) is 6.07 Å². The summed E-state index contributed by atoms with van der Waals surface area (Å²) >= 11 is 7.26. The molecule has 1 atom stereocenters. The fraction of sp³-hybridized carbons (Fsp3) is 0.556. The Hall–Kier alpha value is -0.520. The molecule has 0 bridgehead atoms. The van der Waals surface area contributed by atoms with Gasteiger partial charge in [0.25, 0.3) is 0 Å². The topological polar surface area (TPSA) is 58.0 Å². The fourth-order valence-electron chi connectivity index (χ4n) is 1.05. The van der Waals surface area contributed by atoms with Gasteiger partial charge in [-0.1, -0.05) is 30.3 Å². The summed E-state index contributed by atoms with van der Waals surface area (Å²) in [6.07, 6.45) is 2.71. The number of rotatable bonds is 5. The molecule has 1 unspecified atom stereocenters. The number of nitrogens with zero attached hydrogens (tertiary/aromatic N) is 2. The first-order valence-electron chi connectivity index (χ1n) is 4.65. The number of aliphatic hydroxyl groups is 1. The molecule has 15 heavy (non-hydrogen) atoms. The highest BCUT2D eigenvalue weighted by Gasteiger charge is 2.07. The molecule has 0 radical (unpaired) electrons. The van der Waals surface area contributed by atoms with Gasteiger partial charge in [-0.15, -0.1) is 0 Å². The van der Waals surface area contributed by atoms with Gasteiger partial charge in [-0.2, -0.15) is 0 Å². The van der Waals surface area contributed by atoms with E-state index in [1.54, 1.807) is 6.07 Å². The summed E-state index contributed by atoms with van der Waals surface area (Å²) in [7, 11) is 0. The van der Waals surface area contributed by atoms with Gasteiger partial charge in [0.15, 0.2) is 5.16 Å². The Labute approximate surface area is 98.5 Å². The van der Waals surface area contributed by atoms with Crippen molar-refractivity contribution < 1.29 is 5.11 Å². The highest BCUT2D eigenvalue weighted by molar-refractivity contribution is 7.98. The molecule has 1 heterocycles. The van der Waals surface area contributed by atoms with Crippen LogP contribution in [0.3, 0.4) is 0 Å². The van der Waals surface area contributed by atoms with Crippen LogP contribution in [0.5, 0.6) is 0 Å². The summed E-state index contributed by atoms with van der Waals surface area (Å²) < 4.78 is 0. The predicted octanol–water partition coefficient (Wildman–Crippen LogP) is 2.03. The second kappa shape index (κ2) is 6.15. The van der Waals surface area contributed by atoms with E-state index in [1.807, 2.05) is 13.2 Å². The zero-order valence-corrected chi connectivity index (χ0v) is 10.3. The summed E-state index contributed by atoms with van der Waals surface area (Å²) in [6.45, 7) is 2.07. The first-order chi connectivity index (χ1) is 7.19. The third-order valence-electron chi connectivity index (χ3n) is 1.92. The number of halogens is 1. The zero-order valence-electron chi connectivity index (χ0n) is 8.70. The van der Waals surface area contributed by atoms with E-state index in [2.05, 4.69) is 15.3 Å². The van der Waals surface area contributed by atoms with Crippen molar-refractivity contribution in [2.75, 3.05) is 18.2 Å². The third kappa shape index (κ3) is 3.85. The monoisotopic (exact) mass is 247 g/mol. The minimum atomic E-state index is 0.00525. The maximum absolute atomic E-state index is 9.04. The lowest BCUT2D eigenvalue weighted by Gasteiger charge is -2.14. The summed E-state index contributed by atoms with van der Waals surface area (Å²) in [5.41, 5.74) is 0. The van der Waals surface area contributed by atoms with Crippen LogP contribution < -0.4 is 5.32 Å². The average Bonchev–Trinajstić information content (AvgIpc) is 2.25. The number of anilines is 1. The number of aromatic nitrogens is 2. The van der Waals surface area contributed by atoms with E-state index in [-0.39, 0.29) is 12.6 Å². The molecule has 0 saturated carbocycles. The van der Waals surface area contributed by atoms with Crippen molar-refractivity contribution in [3.05, 3.63) is 11.2 Å². The average molecular weight is 248 g/mol. The molecule has 0 spiro atoms. The van der Waals surface area contributed by atoms with Crippen molar-refractivity contribution in [1.82, 2.24) is 9.97 Å². The molecular formula is C9H14ClN3OS. The van der Waals surface area contributed by atoms with Crippen LogP contribution in [0, 0.1) is 0 Å². The summed E-state index contributed by atoms with van der Waals surface area (Å²) in [4.78, 5) is 8.26. The Bertz CT molecular complexity index is 320. The molecule has 0 amide bonds. The number of nitrogens with one attached hydrogen (secondary N) is 1. The number of thioether (sulfide) groups is 1. The molecule has 2 N–H and O–H groups in total. The van der Waals surface area contributed by atoms with Crippen molar-refractivity contribution in [3.8, 4) is 0 Å². The molecule has 1 aromatic rings. The quantitative estimate of drug-likeness (QED) is 0.474. The molecule has 4 nitrogen and oxygen atoms in total. The molecule has 0 aliphatic rings. The van der Waals surface area contributed by atoms with Crippen molar-refractivity contribution in [1.29, 1.82) is 0 Å². The Morgan fingerprint density at radius 2 is 2.33 bits per heavy atom. The highest BCUT2D eigenvalue weighted by atomic mass is 35.5. The maximum atomic E-state index is 9.04. The van der Waals surface area contributed by atoms with Gasteiger partial charge in [-0.05, 0) is 12.7 Å². The minimum absolute atomic E-state index is 0.00525. The Morgan fingerprint density at radius 3 is 2.87 bits per heavy atom. The van der Waals surface area contributed by atoms with Gasteiger partial charge in [0.1, 0.15) is 11.0 Å². The predicted molar refractivity (Wildman–Crippen MR) is 63.6 cm³/mol. The normalized spacial score (nSPS) is 12.5. The van der Waals surface area contributed by atoms with Crippen molar-refractivity contribution in [2.45, 2.75) is 24.5 Å². The van der Waals surface area contributed by atoms with Gasteiger partial charge < -0.3 is 10.4 Å². The molecule has 1 rings (SSSR count). The largest absolute Gasteiger partial charge is 0.394 e. The van der Waals surface area contributed by atoms with E-state index in [0.717, 1.165) is 6.42 Å². The summed E-state index contributed by atoms with van der Waals surface area (Å²) in [6, 6.07) is 1.66. The first-order valence-corrected chi connectivity index (χ1v) is 6.25. The second-order valence-corrected chi connectivity index (χ2v) is 4.16. The molecule has 0 fully saturated rings. The lowest BCUT2D eigenvalue weighted by Crippen LogP contribution is -2.23. The van der Waals surface area contributed by atoms with Crippen LogP contribution in [-0.4, -0.2) is 34.0 Å². The molecule has 6 heteroatoms. The van der Waals surface area contributed by atoms with Gasteiger partial charge in [-0.25, -0.2) is 9.97 Å². The SMILES string of the molecule is CCC(CO)Nc1cc(Cl)nc(SC)n1. The van der Waals surface area contributed by atoms with E-state index >= 15 is 0 Å². The van der Waals surface area contributed by atoms with Crippen LogP contribution >= 0.6 is 23.4 Å². The van der Waals surface area contributed by atoms with E-state index in [4.69, 9.17) is 16.7 Å². The highest BCUT2D eigenvalue weighted by Crippen LogP contribution is 2.17. The van der Waals surface area contributed by atoms with Crippen molar-refractivity contribution in [2.24, 2.45) is 0 Å².